The van der Waals surface area contributed by atoms with Gasteiger partial charge in [-0.2, -0.15) is 0 Å². The number of nitro groups is 1. The summed E-state index contributed by atoms with van der Waals surface area (Å²) in [5.41, 5.74) is 1.24. The smallest absolute Gasteiger partial charge is 0.407 e. The van der Waals surface area contributed by atoms with E-state index in [4.69, 9.17) is 4.42 Å². The maximum absolute atomic E-state index is 12.8. The topological polar surface area (TPSA) is 98.6 Å². The van der Waals surface area contributed by atoms with Crippen LogP contribution in [0.2, 0.25) is 0 Å². The summed E-state index contributed by atoms with van der Waals surface area (Å²) in [6.07, 6.45) is 1.95. The Kier molecular flexibility index (Phi) is 5.88. The molecule has 0 spiro atoms. The zero-order chi connectivity index (χ0) is 20.1. The molecule has 0 atom stereocenters. The largest absolute Gasteiger partial charge is 0.419 e. The van der Waals surface area contributed by atoms with Crippen LogP contribution >= 0.6 is 0 Å². The lowest BCUT2D eigenvalue weighted by molar-refractivity contribution is -0.384. The molecular weight excluding hydrogens is 362 g/mol. The van der Waals surface area contributed by atoms with Crippen LogP contribution in [0.1, 0.15) is 26.2 Å². The minimum atomic E-state index is -0.636. The van der Waals surface area contributed by atoms with Gasteiger partial charge in [0, 0.05) is 31.3 Å². The Morgan fingerprint density at radius 2 is 1.96 bits per heavy atom. The number of non-ortho nitro benzene ring substituents is 1. The number of carbonyl (C=O) groups is 1. The predicted octanol–water partition coefficient (Wildman–Crippen LogP) is 3.73. The molecule has 0 unspecified atom stereocenters. The number of para-hydroxylation sites is 1. The third-order valence-corrected chi connectivity index (χ3v) is 4.52. The Morgan fingerprint density at radius 1 is 1.21 bits per heavy atom. The van der Waals surface area contributed by atoms with Gasteiger partial charge in [0.1, 0.15) is 0 Å². The summed E-state index contributed by atoms with van der Waals surface area (Å²) in [6.45, 7) is 2.80. The summed E-state index contributed by atoms with van der Waals surface area (Å²) in [5.74, 6) is -0.731. The number of hydrogen-bond donors (Lipinski definition) is 0. The normalized spacial score (nSPS) is 10.9. The summed E-state index contributed by atoms with van der Waals surface area (Å²) in [5, 5.41) is 10.9. The lowest BCUT2D eigenvalue weighted by Gasteiger charge is -2.22. The second kappa shape index (κ2) is 8.51. The van der Waals surface area contributed by atoms with Gasteiger partial charge in [-0.25, -0.2) is 4.79 Å². The number of fused-ring (bicyclic) bond motifs is 1. The molecule has 3 aromatic rings. The molecule has 0 bridgehead atoms. The summed E-state index contributed by atoms with van der Waals surface area (Å²) in [6, 6.07) is 13.4. The molecular formula is C20H21N3O5. The van der Waals surface area contributed by atoms with Gasteiger partial charge in [-0.3, -0.25) is 19.5 Å². The van der Waals surface area contributed by atoms with Gasteiger partial charge in [0.15, 0.2) is 5.58 Å². The Balaban J connectivity index is 1.80. The molecule has 0 aliphatic carbocycles. The van der Waals surface area contributed by atoms with E-state index in [1.165, 1.54) is 22.8 Å². The standard InChI is InChI=1S/C20H21N3O5/c1-2-3-12-21(15-7-5-4-6-8-15)19(24)11-13-22-17-10-9-16(23(26)27)14-18(17)28-20(22)25/h4-10,14H,2-3,11-13H2,1H3. The van der Waals surface area contributed by atoms with Crippen LogP contribution in [0.4, 0.5) is 11.4 Å². The molecule has 0 fully saturated rings. The molecule has 1 heterocycles. The summed E-state index contributed by atoms with van der Waals surface area (Å²) in [7, 11) is 0. The zero-order valence-electron chi connectivity index (χ0n) is 15.5. The van der Waals surface area contributed by atoms with Crippen LogP contribution in [0.3, 0.4) is 0 Å². The molecule has 1 amide bonds. The summed E-state index contributed by atoms with van der Waals surface area (Å²) >= 11 is 0. The summed E-state index contributed by atoms with van der Waals surface area (Å²) in [4.78, 5) is 37.0. The van der Waals surface area contributed by atoms with Gasteiger partial charge < -0.3 is 9.32 Å². The number of nitrogens with zero attached hydrogens (tertiary/aromatic N) is 3. The first-order valence-electron chi connectivity index (χ1n) is 9.14. The van der Waals surface area contributed by atoms with E-state index in [0.717, 1.165) is 18.5 Å². The highest BCUT2D eigenvalue weighted by Crippen LogP contribution is 2.21. The molecule has 1 aromatic heterocycles. The monoisotopic (exact) mass is 383 g/mol. The summed E-state index contributed by atoms with van der Waals surface area (Å²) < 4.78 is 6.44. The minimum Gasteiger partial charge on any atom is -0.407 e. The number of unbranched alkanes of at least 4 members (excludes halogenated alkanes) is 1. The van der Waals surface area contributed by atoms with Crippen molar-refractivity contribution in [3.63, 3.8) is 0 Å². The molecule has 2 aromatic carbocycles. The molecule has 0 saturated carbocycles. The maximum Gasteiger partial charge on any atom is 0.419 e. The Hall–Kier alpha value is -3.42. The maximum atomic E-state index is 12.8. The fraction of sp³-hybridized carbons (Fsp3) is 0.300. The van der Waals surface area contributed by atoms with Crippen molar-refractivity contribution in [2.24, 2.45) is 0 Å². The second-order valence-corrected chi connectivity index (χ2v) is 6.41. The van der Waals surface area contributed by atoms with Gasteiger partial charge in [0.25, 0.3) is 5.69 Å². The van der Waals surface area contributed by atoms with E-state index < -0.39 is 10.7 Å². The first-order valence-corrected chi connectivity index (χ1v) is 9.14. The van der Waals surface area contributed by atoms with E-state index >= 15 is 0 Å². The van der Waals surface area contributed by atoms with Crippen molar-refractivity contribution in [1.29, 1.82) is 0 Å². The lowest BCUT2D eigenvalue weighted by Crippen LogP contribution is -2.33. The van der Waals surface area contributed by atoms with Crippen molar-refractivity contribution < 1.29 is 14.1 Å². The number of benzene rings is 2. The number of rotatable bonds is 8. The number of anilines is 1. The molecule has 28 heavy (non-hydrogen) atoms. The Labute approximate surface area is 161 Å². The minimum absolute atomic E-state index is 0.0946. The van der Waals surface area contributed by atoms with Crippen molar-refractivity contribution in [3.05, 3.63) is 69.2 Å². The first-order chi connectivity index (χ1) is 13.5. The van der Waals surface area contributed by atoms with E-state index in [9.17, 15) is 19.7 Å². The molecule has 0 radical (unpaired) electrons. The highest BCUT2D eigenvalue weighted by molar-refractivity contribution is 5.93. The highest BCUT2D eigenvalue weighted by atomic mass is 16.6. The Morgan fingerprint density at radius 3 is 2.64 bits per heavy atom. The van der Waals surface area contributed by atoms with Crippen LogP contribution in [-0.2, 0) is 11.3 Å². The van der Waals surface area contributed by atoms with Crippen LogP contribution in [0, 0.1) is 10.1 Å². The number of carbonyl (C=O) groups excluding carboxylic acids is 1. The molecule has 0 aliphatic heterocycles. The highest BCUT2D eigenvalue weighted by Gasteiger charge is 2.18. The van der Waals surface area contributed by atoms with Crippen LogP contribution in [0.5, 0.6) is 0 Å². The van der Waals surface area contributed by atoms with Crippen molar-refractivity contribution in [1.82, 2.24) is 4.57 Å². The average Bonchev–Trinajstić information content (AvgIpc) is 3.01. The van der Waals surface area contributed by atoms with Crippen LogP contribution in [0.25, 0.3) is 11.1 Å². The van der Waals surface area contributed by atoms with Crippen molar-refractivity contribution in [3.8, 4) is 0 Å². The molecule has 0 aliphatic rings. The second-order valence-electron chi connectivity index (χ2n) is 6.41. The van der Waals surface area contributed by atoms with Crippen LogP contribution in [0.15, 0.2) is 57.7 Å². The van der Waals surface area contributed by atoms with E-state index in [2.05, 4.69) is 6.92 Å². The van der Waals surface area contributed by atoms with Crippen molar-refractivity contribution in [2.75, 3.05) is 11.4 Å². The molecule has 8 heteroatoms. The van der Waals surface area contributed by atoms with Gasteiger partial charge in [-0.1, -0.05) is 31.5 Å². The van der Waals surface area contributed by atoms with Gasteiger partial charge in [0.2, 0.25) is 5.91 Å². The molecule has 0 saturated heterocycles. The quantitative estimate of drug-likeness (QED) is 0.436. The molecule has 0 N–H and O–H groups in total. The van der Waals surface area contributed by atoms with E-state index in [-0.39, 0.29) is 30.1 Å². The van der Waals surface area contributed by atoms with Gasteiger partial charge in [-0.15, -0.1) is 0 Å². The Bertz CT molecular complexity index is 1040. The molecule has 146 valence electrons. The van der Waals surface area contributed by atoms with Gasteiger partial charge in [0.05, 0.1) is 16.5 Å². The van der Waals surface area contributed by atoms with Gasteiger partial charge >= 0.3 is 5.76 Å². The predicted molar refractivity (Wildman–Crippen MR) is 105 cm³/mol. The zero-order valence-corrected chi connectivity index (χ0v) is 15.5. The fourth-order valence-corrected chi connectivity index (χ4v) is 3.04. The van der Waals surface area contributed by atoms with E-state index in [1.807, 2.05) is 30.3 Å². The number of hydrogen-bond acceptors (Lipinski definition) is 5. The number of aromatic nitrogens is 1. The average molecular weight is 383 g/mol. The molecule has 8 nitrogen and oxygen atoms in total. The first kappa shape index (κ1) is 19.3. The van der Waals surface area contributed by atoms with Crippen LogP contribution in [-0.4, -0.2) is 21.9 Å². The van der Waals surface area contributed by atoms with Crippen molar-refractivity contribution in [2.45, 2.75) is 32.7 Å². The third-order valence-electron chi connectivity index (χ3n) is 4.52. The lowest BCUT2D eigenvalue weighted by atomic mass is 10.2. The van der Waals surface area contributed by atoms with E-state index in [0.29, 0.717) is 12.1 Å². The van der Waals surface area contributed by atoms with Crippen molar-refractivity contribution >= 4 is 28.4 Å². The number of oxazole rings is 1. The number of amides is 1. The fourth-order valence-electron chi connectivity index (χ4n) is 3.04. The van der Waals surface area contributed by atoms with E-state index in [1.54, 1.807) is 4.90 Å². The van der Waals surface area contributed by atoms with Crippen LogP contribution < -0.4 is 10.7 Å². The number of nitro benzene ring substituents is 1. The van der Waals surface area contributed by atoms with Gasteiger partial charge in [-0.05, 0) is 24.6 Å². The molecule has 3 rings (SSSR count). The SMILES string of the molecule is CCCCN(C(=O)CCn1c(=O)oc2cc([N+](=O)[O-])ccc21)c1ccccc1. The third kappa shape index (κ3) is 4.11. The number of aryl methyl sites for hydroxylation is 1.